The van der Waals surface area contributed by atoms with Crippen LogP contribution in [0.15, 0.2) is 53.8 Å². The molecule has 0 unspecified atom stereocenters. The Labute approximate surface area is 103 Å². The zero-order valence-electron chi connectivity index (χ0n) is 9.38. The van der Waals surface area contributed by atoms with E-state index in [0.717, 1.165) is 0 Å². The Kier molecular flexibility index (Phi) is 3.76. The van der Waals surface area contributed by atoms with Crippen LogP contribution in [0.3, 0.4) is 0 Å². The van der Waals surface area contributed by atoms with Crippen LogP contribution in [0.4, 0.5) is 4.39 Å². The van der Waals surface area contributed by atoms with Crippen LogP contribution in [0, 0.1) is 5.82 Å². The Morgan fingerprint density at radius 2 is 2.00 bits per heavy atom. The van der Waals surface area contributed by atoms with Crippen molar-refractivity contribution in [1.82, 2.24) is 10.4 Å². The predicted molar refractivity (Wildman–Crippen MR) is 65.7 cm³/mol. The van der Waals surface area contributed by atoms with Crippen LogP contribution in [0.5, 0.6) is 0 Å². The van der Waals surface area contributed by atoms with Gasteiger partial charge in [0.15, 0.2) is 0 Å². The zero-order valence-corrected chi connectivity index (χ0v) is 9.38. The molecule has 0 aliphatic carbocycles. The number of nitrogens with one attached hydrogen (secondary N) is 1. The van der Waals surface area contributed by atoms with Crippen molar-refractivity contribution >= 4 is 12.1 Å². The normalized spacial score (nSPS) is 10.5. The summed E-state index contributed by atoms with van der Waals surface area (Å²) >= 11 is 0. The Morgan fingerprint density at radius 1 is 1.22 bits per heavy atom. The summed E-state index contributed by atoms with van der Waals surface area (Å²) in [5, 5.41) is 3.71. The highest BCUT2D eigenvalue weighted by Crippen LogP contribution is 2.05. The lowest BCUT2D eigenvalue weighted by Gasteiger charge is -2.00. The van der Waals surface area contributed by atoms with Crippen molar-refractivity contribution in [3.8, 4) is 0 Å². The minimum Gasteiger partial charge on any atom is -0.267 e. The fraction of sp³-hybridized carbons (Fsp3) is 0. The number of hydrogen-bond acceptors (Lipinski definition) is 3. The molecule has 0 aliphatic heterocycles. The Balaban J connectivity index is 2.01. The first-order valence-corrected chi connectivity index (χ1v) is 5.26. The average Bonchev–Trinajstić information content (AvgIpc) is 2.40. The number of amides is 1. The number of hydrazone groups is 1. The predicted octanol–water partition coefficient (Wildman–Crippen LogP) is 1.98. The molecule has 1 heterocycles. The maximum atomic E-state index is 13.3. The quantitative estimate of drug-likeness (QED) is 0.662. The van der Waals surface area contributed by atoms with Crippen LogP contribution in [-0.2, 0) is 0 Å². The SMILES string of the molecule is O=C(N/N=C/c1ccccn1)c1ccccc1F. The van der Waals surface area contributed by atoms with E-state index in [0.29, 0.717) is 5.69 Å². The summed E-state index contributed by atoms with van der Waals surface area (Å²) in [5.41, 5.74) is 2.80. The molecule has 0 spiro atoms. The fourth-order valence-electron chi connectivity index (χ4n) is 1.31. The molecule has 18 heavy (non-hydrogen) atoms. The molecule has 1 N–H and O–H groups in total. The van der Waals surface area contributed by atoms with Crippen LogP contribution >= 0.6 is 0 Å². The molecule has 0 aliphatic rings. The number of rotatable bonds is 3. The molecule has 5 heteroatoms. The minimum atomic E-state index is -0.597. The van der Waals surface area contributed by atoms with Crippen molar-refractivity contribution < 1.29 is 9.18 Å². The second-order valence-electron chi connectivity index (χ2n) is 3.43. The monoisotopic (exact) mass is 243 g/mol. The van der Waals surface area contributed by atoms with Gasteiger partial charge in [0, 0.05) is 6.20 Å². The van der Waals surface area contributed by atoms with Crippen molar-refractivity contribution in [3.05, 3.63) is 65.7 Å². The minimum absolute atomic E-state index is 0.0457. The number of carbonyl (C=O) groups excluding carboxylic acids is 1. The molecule has 2 aromatic rings. The lowest BCUT2D eigenvalue weighted by molar-refractivity contribution is 0.0951. The van der Waals surface area contributed by atoms with E-state index >= 15 is 0 Å². The highest BCUT2D eigenvalue weighted by atomic mass is 19.1. The van der Waals surface area contributed by atoms with E-state index in [9.17, 15) is 9.18 Å². The van der Waals surface area contributed by atoms with Gasteiger partial charge in [0.05, 0.1) is 17.5 Å². The largest absolute Gasteiger partial charge is 0.274 e. The molecule has 1 amide bonds. The molecule has 0 radical (unpaired) electrons. The number of benzene rings is 1. The first kappa shape index (κ1) is 11.9. The number of carbonyl (C=O) groups is 1. The number of hydrogen-bond donors (Lipinski definition) is 1. The molecule has 1 aromatic heterocycles. The number of pyridine rings is 1. The van der Waals surface area contributed by atoms with Gasteiger partial charge in [-0.3, -0.25) is 9.78 Å². The lowest BCUT2D eigenvalue weighted by Crippen LogP contribution is -2.19. The van der Waals surface area contributed by atoms with Crippen molar-refractivity contribution in [1.29, 1.82) is 0 Å². The first-order chi connectivity index (χ1) is 8.77. The summed E-state index contributed by atoms with van der Waals surface area (Å²) in [6.07, 6.45) is 3.00. The van der Waals surface area contributed by atoms with Crippen LogP contribution in [-0.4, -0.2) is 17.1 Å². The summed E-state index contributed by atoms with van der Waals surface area (Å²) in [5.74, 6) is -1.18. The molecule has 1 aromatic carbocycles. The zero-order chi connectivity index (χ0) is 12.8. The maximum Gasteiger partial charge on any atom is 0.274 e. The first-order valence-electron chi connectivity index (χ1n) is 5.26. The van der Waals surface area contributed by atoms with Gasteiger partial charge in [-0.2, -0.15) is 5.10 Å². The van der Waals surface area contributed by atoms with Crippen molar-refractivity contribution in [3.63, 3.8) is 0 Å². The number of halogens is 1. The third kappa shape index (κ3) is 2.98. The Morgan fingerprint density at radius 3 is 2.72 bits per heavy atom. The van der Waals surface area contributed by atoms with E-state index in [1.54, 1.807) is 30.5 Å². The molecular weight excluding hydrogens is 233 g/mol. The molecular formula is C13H10FN3O. The molecule has 90 valence electrons. The van der Waals surface area contributed by atoms with E-state index < -0.39 is 11.7 Å². The summed E-state index contributed by atoms with van der Waals surface area (Å²) in [6, 6.07) is 11.0. The fourth-order valence-corrected chi connectivity index (χ4v) is 1.31. The second-order valence-corrected chi connectivity index (χ2v) is 3.43. The highest BCUT2D eigenvalue weighted by Gasteiger charge is 2.08. The smallest absolute Gasteiger partial charge is 0.267 e. The lowest BCUT2D eigenvalue weighted by atomic mass is 10.2. The summed E-state index contributed by atoms with van der Waals surface area (Å²) in [6.45, 7) is 0. The van der Waals surface area contributed by atoms with Gasteiger partial charge in [0.1, 0.15) is 5.82 Å². The Hall–Kier alpha value is -2.56. The van der Waals surface area contributed by atoms with E-state index in [4.69, 9.17) is 0 Å². The van der Waals surface area contributed by atoms with Gasteiger partial charge in [0.25, 0.3) is 5.91 Å². The van der Waals surface area contributed by atoms with E-state index in [1.807, 2.05) is 0 Å². The summed E-state index contributed by atoms with van der Waals surface area (Å²) < 4.78 is 13.3. The molecule has 2 rings (SSSR count). The van der Waals surface area contributed by atoms with Crippen molar-refractivity contribution in [2.75, 3.05) is 0 Å². The van der Waals surface area contributed by atoms with Gasteiger partial charge in [0.2, 0.25) is 0 Å². The summed E-state index contributed by atoms with van der Waals surface area (Å²) in [4.78, 5) is 15.6. The van der Waals surface area contributed by atoms with Gasteiger partial charge in [-0.1, -0.05) is 18.2 Å². The van der Waals surface area contributed by atoms with Crippen LogP contribution in [0.1, 0.15) is 16.1 Å². The third-order valence-corrected chi connectivity index (χ3v) is 2.17. The van der Waals surface area contributed by atoms with Gasteiger partial charge < -0.3 is 0 Å². The number of aromatic nitrogens is 1. The van der Waals surface area contributed by atoms with Gasteiger partial charge in [-0.05, 0) is 24.3 Å². The summed E-state index contributed by atoms with van der Waals surface area (Å²) in [7, 11) is 0. The maximum absolute atomic E-state index is 13.3. The topological polar surface area (TPSA) is 54.4 Å². The van der Waals surface area contributed by atoms with Crippen LogP contribution in [0.2, 0.25) is 0 Å². The number of nitrogens with zero attached hydrogens (tertiary/aromatic N) is 2. The van der Waals surface area contributed by atoms with Crippen molar-refractivity contribution in [2.45, 2.75) is 0 Å². The van der Waals surface area contributed by atoms with E-state index in [2.05, 4.69) is 15.5 Å². The molecule has 0 atom stereocenters. The van der Waals surface area contributed by atoms with Gasteiger partial charge in [-0.25, -0.2) is 9.82 Å². The molecule has 0 saturated heterocycles. The molecule has 0 fully saturated rings. The van der Waals surface area contributed by atoms with Gasteiger partial charge in [-0.15, -0.1) is 0 Å². The van der Waals surface area contributed by atoms with Crippen LogP contribution < -0.4 is 5.43 Å². The third-order valence-electron chi connectivity index (χ3n) is 2.17. The van der Waals surface area contributed by atoms with Crippen LogP contribution in [0.25, 0.3) is 0 Å². The standard InChI is InChI=1S/C13H10FN3O/c14-12-7-2-1-6-11(12)13(18)17-16-9-10-5-3-4-8-15-10/h1-9H,(H,17,18)/b16-9+. The molecule has 0 bridgehead atoms. The van der Waals surface area contributed by atoms with E-state index in [-0.39, 0.29) is 5.56 Å². The molecule has 4 nitrogen and oxygen atoms in total. The Bertz CT molecular complexity index is 569. The average molecular weight is 243 g/mol. The van der Waals surface area contributed by atoms with Gasteiger partial charge >= 0.3 is 0 Å². The second kappa shape index (κ2) is 5.67. The van der Waals surface area contributed by atoms with E-state index in [1.165, 1.54) is 24.4 Å². The van der Waals surface area contributed by atoms with Crippen molar-refractivity contribution in [2.24, 2.45) is 5.10 Å². The molecule has 0 saturated carbocycles. The highest BCUT2D eigenvalue weighted by molar-refractivity contribution is 5.94.